The van der Waals surface area contributed by atoms with Gasteiger partial charge in [0.25, 0.3) is 0 Å². The topological polar surface area (TPSA) is 43.4 Å². The lowest BCUT2D eigenvalue weighted by atomic mass is 10.1. The van der Waals surface area contributed by atoms with Crippen LogP contribution >= 0.6 is 23.2 Å². The van der Waals surface area contributed by atoms with Crippen molar-refractivity contribution in [3.05, 3.63) is 75.3 Å². The van der Waals surface area contributed by atoms with Gasteiger partial charge in [-0.25, -0.2) is 4.79 Å². The Bertz CT molecular complexity index is 734. The number of allylic oxidation sites excluding steroid dienone is 1. The van der Waals surface area contributed by atoms with E-state index in [2.05, 4.69) is 4.74 Å². The summed E-state index contributed by atoms with van der Waals surface area (Å²) < 4.78 is 4.62. The molecule has 2 aromatic rings. The number of ether oxygens (including phenoxy) is 1. The standard InChI is InChI=1S/C17H12Cl2O3/c1-22-17(21)12-5-2-11(3-6-12)4-9-16(20)14-8-7-13(18)10-15(14)19/h2-10H,1H3/b9-4+. The zero-order chi connectivity index (χ0) is 16.1. The Morgan fingerprint density at radius 3 is 2.32 bits per heavy atom. The molecule has 0 bridgehead atoms. The van der Waals surface area contributed by atoms with E-state index in [1.54, 1.807) is 42.5 Å². The van der Waals surface area contributed by atoms with Crippen LogP contribution in [0.25, 0.3) is 6.08 Å². The monoisotopic (exact) mass is 334 g/mol. The Hall–Kier alpha value is -2.10. The Morgan fingerprint density at radius 1 is 1.05 bits per heavy atom. The SMILES string of the molecule is COC(=O)c1ccc(/C=C/C(=O)c2ccc(Cl)cc2Cl)cc1. The van der Waals surface area contributed by atoms with Gasteiger partial charge in [-0.05, 0) is 42.0 Å². The van der Waals surface area contributed by atoms with Gasteiger partial charge in [-0.15, -0.1) is 0 Å². The number of halogens is 2. The van der Waals surface area contributed by atoms with Gasteiger partial charge in [0.15, 0.2) is 5.78 Å². The molecule has 0 aromatic heterocycles. The number of carbonyl (C=O) groups excluding carboxylic acids is 2. The van der Waals surface area contributed by atoms with Crippen molar-refractivity contribution < 1.29 is 14.3 Å². The van der Waals surface area contributed by atoms with Crippen LogP contribution in [0.1, 0.15) is 26.3 Å². The quantitative estimate of drug-likeness (QED) is 0.463. The predicted octanol–water partition coefficient (Wildman–Crippen LogP) is 4.68. The normalized spacial score (nSPS) is 10.7. The van der Waals surface area contributed by atoms with Crippen molar-refractivity contribution in [2.75, 3.05) is 7.11 Å². The maximum Gasteiger partial charge on any atom is 0.337 e. The number of methoxy groups -OCH3 is 1. The molecule has 0 fully saturated rings. The fourth-order valence-electron chi connectivity index (χ4n) is 1.80. The molecule has 112 valence electrons. The molecule has 0 amide bonds. The van der Waals surface area contributed by atoms with Gasteiger partial charge in [-0.3, -0.25) is 4.79 Å². The van der Waals surface area contributed by atoms with Gasteiger partial charge in [-0.2, -0.15) is 0 Å². The van der Waals surface area contributed by atoms with Crippen LogP contribution in [0.5, 0.6) is 0 Å². The molecule has 0 unspecified atom stereocenters. The van der Waals surface area contributed by atoms with E-state index in [0.29, 0.717) is 21.2 Å². The first-order chi connectivity index (χ1) is 10.5. The van der Waals surface area contributed by atoms with Gasteiger partial charge < -0.3 is 4.74 Å². The van der Waals surface area contributed by atoms with Gasteiger partial charge in [-0.1, -0.05) is 41.4 Å². The maximum absolute atomic E-state index is 12.1. The Labute approximate surface area is 138 Å². The van der Waals surface area contributed by atoms with Crippen molar-refractivity contribution in [1.29, 1.82) is 0 Å². The van der Waals surface area contributed by atoms with Crippen molar-refractivity contribution in [2.45, 2.75) is 0 Å². The molecule has 0 aliphatic carbocycles. The molecule has 0 aliphatic rings. The molecular formula is C17H12Cl2O3. The lowest BCUT2D eigenvalue weighted by Gasteiger charge is -2.01. The highest BCUT2D eigenvalue weighted by Crippen LogP contribution is 2.22. The van der Waals surface area contributed by atoms with Crippen molar-refractivity contribution in [3.63, 3.8) is 0 Å². The zero-order valence-corrected chi connectivity index (χ0v) is 13.2. The van der Waals surface area contributed by atoms with Crippen molar-refractivity contribution in [2.24, 2.45) is 0 Å². The fraction of sp³-hybridized carbons (Fsp3) is 0.0588. The van der Waals surface area contributed by atoms with Crippen molar-refractivity contribution in [1.82, 2.24) is 0 Å². The van der Waals surface area contributed by atoms with E-state index < -0.39 is 5.97 Å². The molecule has 0 heterocycles. The van der Waals surface area contributed by atoms with Gasteiger partial charge in [0, 0.05) is 10.6 Å². The average Bonchev–Trinajstić information content (AvgIpc) is 2.52. The zero-order valence-electron chi connectivity index (χ0n) is 11.7. The van der Waals surface area contributed by atoms with Crippen LogP contribution in [0.15, 0.2) is 48.5 Å². The summed E-state index contributed by atoms with van der Waals surface area (Å²) in [5.41, 5.74) is 1.62. The maximum atomic E-state index is 12.1. The van der Waals surface area contributed by atoms with Crippen LogP contribution in [0.3, 0.4) is 0 Å². The first kappa shape index (κ1) is 16.3. The molecule has 0 spiro atoms. The Balaban J connectivity index is 2.14. The lowest BCUT2D eigenvalue weighted by Crippen LogP contribution is -2.00. The van der Waals surface area contributed by atoms with Gasteiger partial charge >= 0.3 is 5.97 Å². The minimum absolute atomic E-state index is 0.223. The first-order valence-corrected chi connectivity index (χ1v) is 7.12. The minimum atomic E-state index is -0.403. The van der Waals surface area contributed by atoms with Crippen LogP contribution in [0, 0.1) is 0 Å². The summed E-state index contributed by atoms with van der Waals surface area (Å²) in [5.74, 6) is -0.627. The minimum Gasteiger partial charge on any atom is -0.465 e. The van der Waals surface area contributed by atoms with E-state index in [0.717, 1.165) is 5.56 Å². The third-order valence-electron chi connectivity index (χ3n) is 2.96. The second-order valence-electron chi connectivity index (χ2n) is 4.44. The lowest BCUT2D eigenvalue weighted by molar-refractivity contribution is 0.0600. The predicted molar refractivity (Wildman–Crippen MR) is 87.6 cm³/mol. The molecule has 2 aromatic carbocycles. The van der Waals surface area contributed by atoms with E-state index in [-0.39, 0.29) is 5.78 Å². The third kappa shape index (κ3) is 3.97. The number of hydrogen-bond acceptors (Lipinski definition) is 3. The molecule has 0 aliphatic heterocycles. The summed E-state index contributed by atoms with van der Waals surface area (Å²) in [6, 6.07) is 11.4. The number of hydrogen-bond donors (Lipinski definition) is 0. The van der Waals surface area contributed by atoms with Crippen molar-refractivity contribution >= 4 is 41.0 Å². The molecule has 22 heavy (non-hydrogen) atoms. The Morgan fingerprint density at radius 2 is 1.73 bits per heavy atom. The highest BCUT2D eigenvalue weighted by molar-refractivity contribution is 6.37. The third-order valence-corrected chi connectivity index (χ3v) is 3.50. The summed E-state index contributed by atoms with van der Waals surface area (Å²) >= 11 is 11.8. The summed E-state index contributed by atoms with van der Waals surface area (Å²) in [7, 11) is 1.32. The number of carbonyl (C=O) groups is 2. The van der Waals surface area contributed by atoms with Crippen LogP contribution in [-0.4, -0.2) is 18.9 Å². The highest BCUT2D eigenvalue weighted by atomic mass is 35.5. The molecule has 2 rings (SSSR count). The van der Waals surface area contributed by atoms with Gasteiger partial charge in [0.1, 0.15) is 0 Å². The second kappa shape index (κ2) is 7.25. The molecule has 0 N–H and O–H groups in total. The van der Waals surface area contributed by atoms with Crippen molar-refractivity contribution in [3.8, 4) is 0 Å². The van der Waals surface area contributed by atoms with Crippen LogP contribution < -0.4 is 0 Å². The molecule has 0 saturated carbocycles. The number of esters is 1. The molecule has 3 nitrogen and oxygen atoms in total. The van der Waals surface area contributed by atoms with Crippen LogP contribution in [-0.2, 0) is 4.74 Å². The molecule has 5 heteroatoms. The van der Waals surface area contributed by atoms with Crippen LogP contribution in [0.2, 0.25) is 10.0 Å². The smallest absolute Gasteiger partial charge is 0.337 e. The van der Waals surface area contributed by atoms with E-state index in [1.165, 1.54) is 19.3 Å². The van der Waals surface area contributed by atoms with E-state index >= 15 is 0 Å². The molecular weight excluding hydrogens is 323 g/mol. The van der Waals surface area contributed by atoms with Crippen LogP contribution in [0.4, 0.5) is 0 Å². The highest BCUT2D eigenvalue weighted by Gasteiger charge is 2.08. The molecule has 0 radical (unpaired) electrons. The number of benzene rings is 2. The summed E-state index contributed by atoms with van der Waals surface area (Å²) in [6.07, 6.45) is 3.07. The van der Waals surface area contributed by atoms with Gasteiger partial charge in [0.2, 0.25) is 0 Å². The summed E-state index contributed by atoms with van der Waals surface area (Å²) in [5, 5.41) is 0.784. The largest absolute Gasteiger partial charge is 0.465 e. The average molecular weight is 335 g/mol. The first-order valence-electron chi connectivity index (χ1n) is 6.37. The second-order valence-corrected chi connectivity index (χ2v) is 5.28. The summed E-state index contributed by atoms with van der Waals surface area (Å²) in [6.45, 7) is 0. The fourth-order valence-corrected chi connectivity index (χ4v) is 2.30. The number of rotatable bonds is 4. The van der Waals surface area contributed by atoms with E-state index in [1.807, 2.05) is 0 Å². The summed E-state index contributed by atoms with van der Waals surface area (Å²) in [4.78, 5) is 23.4. The number of ketones is 1. The van der Waals surface area contributed by atoms with E-state index in [9.17, 15) is 9.59 Å². The Kier molecular flexibility index (Phi) is 5.36. The molecule has 0 atom stereocenters. The van der Waals surface area contributed by atoms with E-state index in [4.69, 9.17) is 23.2 Å². The van der Waals surface area contributed by atoms with Gasteiger partial charge in [0.05, 0.1) is 17.7 Å². The molecule has 0 saturated heterocycles.